The van der Waals surface area contributed by atoms with Gasteiger partial charge in [0.2, 0.25) is 11.8 Å². The zero-order valence-electron chi connectivity index (χ0n) is 6.88. The number of nitrogens with two attached hydrogens (primary N) is 1. The quantitative estimate of drug-likeness (QED) is 0.571. The van der Waals surface area contributed by atoms with E-state index in [2.05, 4.69) is 5.43 Å². The van der Waals surface area contributed by atoms with Crippen LogP contribution in [0.5, 0.6) is 0 Å². The molecule has 2 amide bonds. The fourth-order valence-electron chi connectivity index (χ4n) is 1.10. The molecule has 0 aliphatic carbocycles. The summed E-state index contributed by atoms with van der Waals surface area (Å²) in [6, 6.07) is 0. The monoisotopic (exact) mass is 171 g/mol. The summed E-state index contributed by atoms with van der Waals surface area (Å²) < 4.78 is 0. The van der Waals surface area contributed by atoms with E-state index in [1.165, 1.54) is 5.01 Å². The first kappa shape index (κ1) is 8.99. The van der Waals surface area contributed by atoms with E-state index in [0.717, 1.165) is 6.42 Å². The van der Waals surface area contributed by atoms with Crippen molar-refractivity contribution >= 4 is 11.8 Å². The molecule has 1 aliphatic rings. The molecule has 0 unspecified atom stereocenters. The van der Waals surface area contributed by atoms with E-state index in [-0.39, 0.29) is 18.2 Å². The molecular formula is C7H13N3O2. The Hall–Kier alpha value is -1.10. The second kappa shape index (κ2) is 4.06. The Morgan fingerprint density at radius 2 is 2.42 bits per heavy atom. The molecule has 0 bridgehead atoms. The van der Waals surface area contributed by atoms with Gasteiger partial charge < -0.3 is 5.73 Å². The summed E-state index contributed by atoms with van der Waals surface area (Å²) in [6.07, 6.45) is 1.62. The van der Waals surface area contributed by atoms with Crippen molar-refractivity contribution in [1.29, 1.82) is 0 Å². The first-order chi connectivity index (χ1) is 5.74. The molecule has 0 radical (unpaired) electrons. The summed E-state index contributed by atoms with van der Waals surface area (Å²) in [7, 11) is 0. The van der Waals surface area contributed by atoms with Crippen molar-refractivity contribution in [2.45, 2.75) is 19.3 Å². The zero-order valence-corrected chi connectivity index (χ0v) is 6.88. The number of rotatable bonds is 3. The zero-order chi connectivity index (χ0) is 8.97. The van der Waals surface area contributed by atoms with E-state index < -0.39 is 0 Å². The summed E-state index contributed by atoms with van der Waals surface area (Å²) in [5, 5.41) is 1.36. The number of hydrogen-bond donors (Lipinski definition) is 2. The molecule has 1 fully saturated rings. The van der Waals surface area contributed by atoms with Crippen LogP contribution < -0.4 is 11.2 Å². The van der Waals surface area contributed by atoms with E-state index in [4.69, 9.17) is 5.73 Å². The number of hydrazine groups is 1. The Morgan fingerprint density at radius 1 is 1.67 bits per heavy atom. The Kier molecular flexibility index (Phi) is 3.04. The number of nitrogens with zero attached hydrogens (tertiary/aromatic N) is 1. The van der Waals surface area contributed by atoms with Gasteiger partial charge in [-0.25, -0.2) is 0 Å². The van der Waals surface area contributed by atoms with Crippen LogP contribution in [0, 0.1) is 0 Å². The second-order valence-corrected chi connectivity index (χ2v) is 2.72. The third-order valence-corrected chi connectivity index (χ3v) is 1.70. The highest BCUT2D eigenvalue weighted by Crippen LogP contribution is 2.05. The maximum absolute atomic E-state index is 11.0. The third-order valence-electron chi connectivity index (χ3n) is 1.70. The molecule has 0 aromatic rings. The molecule has 1 aliphatic heterocycles. The standard InChI is InChI=1S/C7H13N3O2/c8-4-3-6(11)9-10-5-1-2-7(10)12/h1-5,8H2,(H,9,11). The fraction of sp³-hybridized carbons (Fsp3) is 0.714. The molecule has 5 heteroatoms. The normalized spacial score (nSPS) is 16.8. The molecule has 1 saturated heterocycles. The highest BCUT2D eigenvalue weighted by Gasteiger charge is 2.21. The topological polar surface area (TPSA) is 75.4 Å². The molecule has 0 saturated carbocycles. The van der Waals surface area contributed by atoms with Crippen LogP contribution in [0.2, 0.25) is 0 Å². The van der Waals surface area contributed by atoms with Crippen molar-refractivity contribution in [3.05, 3.63) is 0 Å². The first-order valence-corrected chi connectivity index (χ1v) is 4.04. The van der Waals surface area contributed by atoms with Crippen LogP contribution in [0.4, 0.5) is 0 Å². The SMILES string of the molecule is NCCC(=O)NN1CCCC1=O. The molecule has 0 aromatic heterocycles. The predicted molar refractivity (Wildman–Crippen MR) is 42.8 cm³/mol. The largest absolute Gasteiger partial charge is 0.330 e. The van der Waals surface area contributed by atoms with Gasteiger partial charge in [0.15, 0.2) is 0 Å². The van der Waals surface area contributed by atoms with Crippen molar-refractivity contribution in [3.63, 3.8) is 0 Å². The van der Waals surface area contributed by atoms with Crippen LogP contribution in [0.25, 0.3) is 0 Å². The lowest BCUT2D eigenvalue weighted by Crippen LogP contribution is -2.43. The minimum absolute atomic E-state index is 0.0135. The van der Waals surface area contributed by atoms with Crippen LogP contribution in [0.15, 0.2) is 0 Å². The second-order valence-electron chi connectivity index (χ2n) is 2.72. The molecule has 68 valence electrons. The lowest BCUT2D eigenvalue weighted by molar-refractivity contribution is -0.138. The lowest BCUT2D eigenvalue weighted by Gasteiger charge is -2.15. The van der Waals surface area contributed by atoms with Crippen molar-refractivity contribution in [1.82, 2.24) is 10.4 Å². The lowest BCUT2D eigenvalue weighted by atomic mass is 10.4. The first-order valence-electron chi connectivity index (χ1n) is 4.04. The molecule has 1 heterocycles. The highest BCUT2D eigenvalue weighted by atomic mass is 16.2. The summed E-state index contributed by atoms with van der Waals surface area (Å²) in [4.78, 5) is 22.0. The van der Waals surface area contributed by atoms with E-state index in [0.29, 0.717) is 19.5 Å². The van der Waals surface area contributed by atoms with E-state index in [9.17, 15) is 9.59 Å². The molecule has 1 rings (SSSR count). The summed E-state index contributed by atoms with van der Waals surface area (Å²) in [5.74, 6) is -0.201. The molecular weight excluding hydrogens is 158 g/mol. The van der Waals surface area contributed by atoms with Crippen LogP contribution in [-0.4, -0.2) is 29.9 Å². The maximum Gasteiger partial charge on any atom is 0.241 e. The fourth-order valence-corrected chi connectivity index (χ4v) is 1.10. The van der Waals surface area contributed by atoms with Crippen LogP contribution >= 0.6 is 0 Å². The predicted octanol–water partition coefficient (Wildman–Crippen LogP) is -1.01. The molecule has 0 aromatic carbocycles. The molecule has 5 nitrogen and oxygen atoms in total. The number of carbonyl (C=O) groups excluding carboxylic acids is 2. The molecule has 0 spiro atoms. The van der Waals surface area contributed by atoms with Gasteiger partial charge >= 0.3 is 0 Å². The van der Waals surface area contributed by atoms with Gasteiger partial charge in [-0.3, -0.25) is 20.0 Å². The van der Waals surface area contributed by atoms with E-state index >= 15 is 0 Å². The number of hydrogen-bond acceptors (Lipinski definition) is 3. The number of nitrogens with one attached hydrogen (secondary N) is 1. The maximum atomic E-state index is 11.0. The third kappa shape index (κ3) is 2.20. The highest BCUT2D eigenvalue weighted by molar-refractivity contribution is 5.83. The summed E-state index contributed by atoms with van der Waals surface area (Å²) in [6.45, 7) is 0.934. The van der Waals surface area contributed by atoms with Crippen molar-refractivity contribution in [3.8, 4) is 0 Å². The average molecular weight is 171 g/mol. The van der Waals surface area contributed by atoms with Gasteiger partial charge in [-0.1, -0.05) is 0 Å². The van der Waals surface area contributed by atoms with Gasteiger partial charge in [0.25, 0.3) is 0 Å². The Balaban J connectivity index is 2.30. The van der Waals surface area contributed by atoms with Gasteiger partial charge in [-0.15, -0.1) is 0 Å². The van der Waals surface area contributed by atoms with Gasteiger partial charge in [0.1, 0.15) is 0 Å². The molecule has 12 heavy (non-hydrogen) atoms. The van der Waals surface area contributed by atoms with Crippen molar-refractivity contribution in [2.75, 3.05) is 13.1 Å². The van der Waals surface area contributed by atoms with Gasteiger partial charge in [0.05, 0.1) is 0 Å². The smallest absolute Gasteiger partial charge is 0.241 e. The minimum atomic E-state index is -0.187. The van der Waals surface area contributed by atoms with E-state index in [1.54, 1.807) is 0 Å². The molecule has 0 atom stereocenters. The Bertz CT molecular complexity index is 193. The van der Waals surface area contributed by atoms with Gasteiger partial charge in [0, 0.05) is 25.9 Å². The van der Waals surface area contributed by atoms with E-state index in [1.807, 2.05) is 0 Å². The number of amides is 2. The summed E-state index contributed by atoms with van der Waals surface area (Å²) >= 11 is 0. The molecule has 3 N–H and O–H groups in total. The number of carbonyl (C=O) groups is 2. The minimum Gasteiger partial charge on any atom is -0.330 e. The van der Waals surface area contributed by atoms with Crippen LogP contribution in [0.3, 0.4) is 0 Å². The van der Waals surface area contributed by atoms with Crippen LogP contribution in [-0.2, 0) is 9.59 Å². The van der Waals surface area contributed by atoms with Crippen molar-refractivity contribution < 1.29 is 9.59 Å². The Morgan fingerprint density at radius 3 is 2.92 bits per heavy atom. The average Bonchev–Trinajstić information content (AvgIpc) is 2.37. The Labute approximate surface area is 70.9 Å². The van der Waals surface area contributed by atoms with Gasteiger partial charge in [-0.2, -0.15) is 0 Å². The van der Waals surface area contributed by atoms with Crippen LogP contribution in [0.1, 0.15) is 19.3 Å². The van der Waals surface area contributed by atoms with Crippen molar-refractivity contribution in [2.24, 2.45) is 5.73 Å². The summed E-state index contributed by atoms with van der Waals surface area (Å²) in [5.41, 5.74) is 7.67. The van der Waals surface area contributed by atoms with Gasteiger partial charge in [-0.05, 0) is 6.42 Å².